The van der Waals surface area contributed by atoms with Gasteiger partial charge in [-0.2, -0.15) is 0 Å². The maximum absolute atomic E-state index is 14.1. The molecule has 9 heteroatoms. The van der Waals surface area contributed by atoms with Gasteiger partial charge in [0.1, 0.15) is 10.5 Å². The highest BCUT2D eigenvalue weighted by Gasteiger charge is 2.19. The zero-order valence-electron chi connectivity index (χ0n) is 14.5. The summed E-state index contributed by atoms with van der Waals surface area (Å²) in [5.41, 5.74) is 0.109. The lowest BCUT2D eigenvalue weighted by molar-refractivity contribution is 0.576. The number of unbranched alkanes of at least 4 members (excludes halogenated alkanes) is 1. The van der Waals surface area contributed by atoms with Crippen LogP contribution in [0.3, 0.4) is 0 Å². The summed E-state index contributed by atoms with van der Waals surface area (Å²) in [6, 6.07) is 6.08. The van der Waals surface area contributed by atoms with E-state index < -0.39 is 11.5 Å². The molecule has 0 saturated carbocycles. The predicted octanol–water partition coefficient (Wildman–Crippen LogP) is 3.51. The molecule has 27 heavy (non-hydrogen) atoms. The van der Waals surface area contributed by atoms with Crippen LogP contribution in [0.4, 0.5) is 4.39 Å². The first-order valence-corrected chi connectivity index (χ1v) is 9.81. The third kappa shape index (κ3) is 2.89. The molecule has 140 valence electrons. The summed E-state index contributed by atoms with van der Waals surface area (Å²) in [4.78, 5) is 25.8. The Morgan fingerprint density at radius 1 is 1.26 bits per heavy atom. The number of fused-ring (bicyclic) bond motifs is 3. The van der Waals surface area contributed by atoms with Crippen LogP contribution in [0.15, 0.2) is 39.2 Å². The number of hydrogen-bond acceptors (Lipinski definition) is 4. The predicted molar refractivity (Wildman–Crippen MR) is 105 cm³/mol. The highest BCUT2D eigenvalue weighted by Crippen LogP contribution is 2.21. The molecule has 0 unspecified atom stereocenters. The smallest absolute Gasteiger partial charge is 0.276 e. The van der Waals surface area contributed by atoms with Gasteiger partial charge in [0, 0.05) is 17.1 Å². The molecule has 0 fully saturated rings. The van der Waals surface area contributed by atoms with Gasteiger partial charge >= 0.3 is 5.69 Å². The number of thiophene rings is 1. The van der Waals surface area contributed by atoms with E-state index in [0.29, 0.717) is 16.8 Å². The monoisotopic (exact) mass is 406 g/mol. The molecule has 0 spiro atoms. The van der Waals surface area contributed by atoms with Gasteiger partial charge in [-0.3, -0.25) is 9.36 Å². The second kappa shape index (κ2) is 6.94. The minimum absolute atomic E-state index is 0.111. The first-order valence-electron chi connectivity index (χ1n) is 8.55. The van der Waals surface area contributed by atoms with Gasteiger partial charge in [-0.1, -0.05) is 31.0 Å². The van der Waals surface area contributed by atoms with Gasteiger partial charge in [-0.05, 0) is 30.0 Å². The van der Waals surface area contributed by atoms with E-state index in [-0.39, 0.29) is 28.5 Å². The second-order valence-electron chi connectivity index (χ2n) is 6.22. The van der Waals surface area contributed by atoms with E-state index >= 15 is 0 Å². The van der Waals surface area contributed by atoms with Crippen LogP contribution in [0.1, 0.15) is 25.3 Å². The Morgan fingerprint density at radius 3 is 2.81 bits per heavy atom. The number of aryl methyl sites for hydroxylation is 1. The molecular formula is C18H16ClFN4O2S. The number of halogens is 2. The van der Waals surface area contributed by atoms with Crippen molar-refractivity contribution in [3.63, 3.8) is 0 Å². The van der Waals surface area contributed by atoms with Gasteiger partial charge in [0.05, 0.1) is 12.1 Å². The molecule has 0 N–H and O–H groups in total. The highest BCUT2D eigenvalue weighted by atomic mass is 35.5. The molecule has 0 aliphatic heterocycles. The van der Waals surface area contributed by atoms with Crippen molar-refractivity contribution in [1.82, 2.24) is 18.7 Å². The molecule has 6 nitrogen and oxygen atoms in total. The van der Waals surface area contributed by atoms with Crippen molar-refractivity contribution in [1.29, 1.82) is 0 Å². The third-order valence-corrected chi connectivity index (χ3v) is 5.74. The molecule has 4 aromatic rings. The van der Waals surface area contributed by atoms with E-state index in [4.69, 9.17) is 11.6 Å². The topological polar surface area (TPSA) is 61.3 Å². The molecule has 4 rings (SSSR count). The number of nitrogens with zero attached hydrogens (tertiary/aromatic N) is 4. The maximum atomic E-state index is 14.1. The molecule has 3 heterocycles. The van der Waals surface area contributed by atoms with E-state index in [1.54, 1.807) is 17.5 Å². The Bertz CT molecular complexity index is 1250. The summed E-state index contributed by atoms with van der Waals surface area (Å²) >= 11 is 7.38. The highest BCUT2D eigenvalue weighted by molar-refractivity contribution is 7.17. The van der Waals surface area contributed by atoms with E-state index in [2.05, 4.69) is 5.10 Å². The lowest BCUT2D eigenvalue weighted by Crippen LogP contribution is -2.26. The molecule has 1 aromatic carbocycles. The van der Waals surface area contributed by atoms with Crippen LogP contribution >= 0.6 is 22.9 Å². The van der Waals surface area contributed by atoms with Gasteiger partial charge in [0.25, 0.3) is 5.56 Å². The minimum Gasteiger partial charge on any atom is -0.276 e. The summed E-state index contributed by atoms with van der Waals surface area (Å²) < 4.78 is 18.7. The lowest BCUT2D eigenvalue weighted by Gasteiger charge is -2.06. The first kappa shape index (κ1) is 17.9. The molecular weight excluding hydrogens is 391 g/mol. The first-order chi connectivity index (χ1) is 13.0. The summed E-state index contributed by atoms with van der Waals surface area (Å²) in [6.07, 6.45) is 1.68. The van der Waals surface area contributed by atoms with Crippen molar-refractivity contribution in [3.05, 3.63) is 66.9 Å². The number of hydrogen-bond donors (Lipinski definition) is 0. The number of benzene rings is 1. The van der Waals surface area contributed by atoms with Crippen LogP contribution in [0.5, 0.6) is 0 Å². The summed E-state index contributed by atoms with van der Waals surface area (Å²) in [5.74, 6) is -0.243. The van der Waals surface area contributed by atoms with Crippen molar-refractivity contribution in [2.45, 2.75) is 32.9 Å². The van der Waals surface area contributed by atoms with Crippen molar-refractivity contribution in [2.24, 2.45) is 0 Å². The average Bonchev–Trinajstić information content (AvgIpc) is 3.24. The average molecular weight is 407 g/mol. The Labute approximate surface area is 162 Å². The Balaban J connectivity index is 1.98. The molecule has 0 amide bonds. The van der Waals surface area contributed by atoms with Crippen LogP contribution in [0, 0.1) is 5.82 Å². The lowest BCUT2D eigenvalue weighted by atomic mass is 10.2. The van der Waals surface area contributed by atoms with Crippen LogP contribution < -0.4 is 11.2 Å². The number of aromatic nitrogens is 4. The third-order valence-electron chi connectivity index (χ3n) is 4.49. The summed E-state index contributed by atoms with van der Waals surface area (Å²) in [7, 11) is 0. The standard InChI is InChI=1S/C18H16ClFN4O2S/c1-2-3-8-22-16(25)15-14(7-9-27-15)24-17(22)21-23(18(24)26)10-11-12(19)5-4-6-13(11)20/h4-7,9H,2-3,8,10H2,1H3. The van der Waals surface area contributed by atoms with Gasteiger partial charge in [0.2, 0.25) is 5.78 Å². The van der Waals surface area contributed by atoms with E-state index in [1.807, 2.05) is 6.92 Å². The van der Waals surface area contributed by atoms with E-state index in [9.17, 15) is 14.0 Å². The molecule has 3 aromatic heterocycles. The zero-order valence-corrected chi connectivity index (χ0v) is 16.1. The van der Waals surface area contributed by atoms with Crippen molar-refractivity contribution in [2.75, 3.05) is 0 Å². The fraction of sp³-hybridized carbons (Fsp3) is 0.278. The van der Waals surface area contributed by atoms with Gasteiger partial charge in [0.15, 0.2) is 0 Å². The van der Waals surface area contributed by atoms with Crippen molar-refractivity contribution in [3.8, 4) is 0 Å². The van der Waals surface area contributed by atoms with E-state index in [0.717, 1.165) is 17.5 Å². The normalized spacial score (nSPS) is 11.7. The summed E-state index contributed by atoms with van der Waals surface area (Å²) in [6.45, 7) is 2.38. The fourth-order valence-corrected chi connectivity index (χ4v) is 4.13. The second-order valence-corrected chi connectivity index (χ2v) is 7.54. The summed E-state index contributed by atoms with van der Waals surface area (Å²) in [5, 5.41) is 6.34. The fourth-order valence-electron chi connectivity index (χ4n) is 3.09. The number of rotatable bonds is 5. The Hall–Kier alpha value is -2.45. The van der Waals surface area contributed by atoms with Gasteiger partial charge in [-0.15, -0.1) is 16.4 Å². The largest absolute Gasteiger partial charge is 0.352 e. The van der Waals surface area contributed by atoms with Crippen LogP contribution in [-0.4, -0.2) is 18.7 Å². The van der Waals surface area contributed by atoms with Crippen LogP contribution in [0.2, 0.25) is 5.02 Å². The van der Waals surface area contributed by atoms with Gasteiger partial charge in [-0.25, -0.2) is 18.3 Å². The van der Waals surface area contributed by atoms with Crippen LogP contribution in [-0.2, 0) is 13.1 Å². The van der Waals surface area contributed by atoms with Crippen molar-refractivity contribution < 1.29 is 4.39 Å². The SMILES string of the molecule is CCCCn1c(=O)c2sccc2n2c(=O)n(Cc3c(F)cccc3Cl)nc12. The zero-order chi connectivity index (χ0) is 19.1. The quantitative estimate of drug-likeness (QED) is 0.509. The molecule has 0 aliphatic rings. The Kier molecular flexibility index (Phi) is 4.61. The molecule has 0 atom stereocenters. The van der Waals surface area contributed by atoms with Crippen LogP contribution in [0.25, 0.3) is 16.0 Å². The van der Waals surface area contributed by atoms with Crippen molar-refractivity contribution >= 4 is 38.9 Å². The Morgan fingerprint density at radius 2 is 2.07 bits per heavy atom. The molecule has 0 bridgehead atoms. The minimum atomic E-state index is -0.504. The maximum Gasteiger partial charge on any atom is 0.352 e. The van der Waals surface area contributed by atoms with E-state index in [1.165, 1.54) is 32.4 Å². The van der Waals surface area contributed by atoms with Gasteiger partial charge < -0.3 is 0 Å². The molecule has 0 aliphatic carbocycles. The molecule has 0 saturated heterocycles. The molecule has 0 radical (unpaired) electrons.